The van der Waals surface area contributed by atoms with Crippen LogP contribution in [0.15, 0.2) is 59.3 Å². The molecule has 20 heavy (non-hydrogen) atoms. The first-order chi connectivity index (χ1) is 9.65. The zero-order valence-corrected chi connectivity index (χ0v) is 12.7. The van der Waals surface area contributed by atoms with Crippen LogP contribution in [0.4, 0.5) is 0 Å². The van der Waals surface area contributed by atoms with E-state index in [0.29, 0.717) is 0 Å². The lowest BCUT2D eigenvalue weighted by Crippen LogP contribution is -2.24. The normalized spacial score (nSPS) is 12.3. The van der Waals surface area contributed by atoms with Crippen LogP contribution in [0.3, 0.4) is 0 Å². The summed E-state index contributed by atoms with van der Waals surface area (Å²) in [7, 11) is 0. The Balaban J connectivity index is 1.94. The van der Waals surface area contributed by atoms with Crippen LogP contribution in [0.25, 0.3) is 6.08 Å². The lowest BCUT2D eigenvalue weighted by Gasteiger charge is -2.12. The van der Waals surface area contributed by atoms with Gasteiger partial charge in [-0.25, -0.2) is 0 Å². The van der Waals surface area contributed by atoms with Crippen LogP contribution in [0.1, 0.15) is 24.1 Å². The summed E-state index contributed by atoms with van der Waals surface area (Å²) in [5.41, 5.74) is 2.02. The summed E-state index contributed by atoms with van der Waals surface area (Å²) >= 11 is 3.39. The van der Waals surface area contributed by atoms with Crippen molar-refractivity contribution in [1.82, 2.24) is 10.3 Å². The largest absolute Gasteiger partial charge is 0.346 e. The molecule has 0 saturated carbocycles. The van der Waals surface area contributed by atoms with Gasteiger partial charge in [-0.2, -0.15) is 0 Å². The van der Waals surface area contributed by atoms with Crippen molar-refractivity contribution in [3.63, 3.8) is 0 Å². The summed E-state index contributed by atoms with van der Waals surface area (Å²) in [6, 6.07) is 11.6. The number of hydrogen-bond acceptors (Lipinski definition) is 2. The predicted molar refractivity (Wildman–Crippen MR) is 84.0 cm³/mol. The van der Waals surface area contributed by atoms with E-state index in [1.165, 1.54) is 6.08 Å². The number of rotatable bonds is 4. The fraction of sp³-hybridized carbons (Fsp3) is 0.125. The summed E-state index contributed by atoms with van der Waals surface area (Å²) < 4.78 is 1.03. The number of aromatic nitrogens is 1. The predicted octanol–water partition coefficient (Wildman–Crippen LogP) is 3.73. The smallest absolute Gasteiger partial charge is 0.244 e. The SMILES string of the molecule is CC(NC(=O)/C=C/c1ccncc1)c1ccc(Br)cc1. The lowest BCUT2D eigenvalue weighted by atomic mass is 10.1. The van der Waals surface area contributed by atoms with E-state index in [4.69, 9.17) is 0 Å². The van der Waals surface area contributed by atoms with Gasteiger partial charge in [0.2, 0.25) is 5.91 Å². The van der Waals surface area contributed by atoms with Crippen molar-refractivity contribution in [2.75, 3.05) is 0 Å². The average Bonchev–Trinajstić information content (AvgIpc) is 2.47. The number of nitrogens with one attached hydrogen (secondary N) is 1. The van der Waals surface area contributed by atoms with Crippen molar-refractivity contribution in [2.24, 2.45) is 0 Å². The Labute approximate surface area is 126 Å². The second kappa shape index (κ2) is 7.01. The Morgan fingerprint density at radius 3 is 2.50 bits per heavy atom. The van der Waals surface area contributed by atoms with Gasteiger partial charge in [0.25, 0.3) is 0 Å². The maximum Gasteiger partial charge on any atom is 0.244 e. The first-order valence-electron chi connectivity index (χ1n) is 6.29. The van der Waals surface area contributed by atoms with Crippen LogP contribution in [0.2, 0.25) is 0 Å². The molecule has 0 radical (unpaired) electrons. The molecule has 2 aromatic rings. The van der Waals surface area contributed by atoms with Crippen molar-refractivity contribution >= 4 is 27.9 Å². The molecule has 1 unspecified atom stereocenters. The molecule has 0 aliphatic heterocycles. The van der Waals surface area contributed by atoms with Gasteiger partial charge in [-0.1, -0.05) is 28.1 Å². The number of halogens is 1. The molecule has 0 aliphatic rings. The number of hydrogen-bond donors (Lipinski definition) is 1. The maximum atomic E-state index is 11.8. The molecule has 1 aromatic heterocycles. The highest BCUT2D eigenvalue weighted by atomic mass is 79.9. The highest BCUT2D eigenvalue weighted by Crippen LogP contribution is 2.16. The van der Waals surface area contributed by atoms with E-state index in [0.717, 1.165) is 15.6 Å². The van der Waals surface area contributed by atoms with E-state index in [1.54, 1.807) is 18.5 Å². The van der Waals surface area contributed by atoms with E-state index in [2.05, 4.69) is 26.2 Å². The quantitative estimate of drug-likeness (QED) is 0.868. The van der Waals surface area contributed by atoms with E-state index < -0.39 is 0 Å². The monoisotopic (exact) mass is 330 g/mol. The molecule has 0 bridgehead atoms. The third-order valence-electron chi connectivity index (χ3n) is 2.86. The van der Waals surface area contributed by atoms with E-state index >= 15 is 0 Å². The van der Waals surface area contributed by atoms with Gasteiger partial charge in [0, 0.05) is 22.9 Å². The first-order valence-corrected chi connectivity index (χ1v) is 7.08. The topological polar surface area (TPSA) is 42.0 Å². The zero-order valence-electron chi connectivity index (χ0n) is 11.1. The van der Waals surface area contributed by atoms with Crippen molar-refractivity contribution in [3.05, 3.63) is 70.5 Å². The van der Waals surface area contributed by atoms with E-state index in [9.17, 15) is 4.79 Å². The summed E-state index contributed by atoms with van der Waals surface area (Å²) in [6.45, 7) is 1.96. The summed E-state index contributed by atoms with van der Waals surface area (Å²) in [4.78, 5) is 15.8. The van der Waals surface area contributed by atoms with Gasteiger partial charge in [-0.15, -0.1) is 0 Å². The van der Waals surface area contributed by atoms with E-state index in [1.807, 2.05) is 43.3 Å². The van der Waals surface area contributed by atoms with Crippen LogP contribution in [0.5, 0.6) is 0 Å². The maximum absolute atomic E-state index is 11.8. The van der Waals surface area contributed by atoms with Gasteiger partial charge in [0.05, 0.1) is 6.04 Å². The molecule has 0 saturated heterocycles. The minimum Gasteiger partial charge on any atom is -0.346 e. The van der Waals surface area contributed by atoms with Gasteiger partial charge in [-0.05, 0) is 48.4 Å². The van der Waals surface area contributed by atoms with E-state index in [-0.39, 0.29) is 11.9 Å². The fourth-order valence-corrected chi connectivity index (χ4v) is 2.01. The van der Waals surface area contributed by atoms with Gasteiger partial charge in [-0.3, -0.25) is 9.78 Å². The number of carbonyl (C=O) groups is 1. The lowest BCUT2D eigenvalue weighted by molar-refractivity contribution is -0.117. The van der Waals surface area contributed by atoms with Crippen LogP contribution >= 0.6 is 15.9 Å². The van der Waals surface area contributed by atoms with Crippen molar-refractivity contribution in [2.45, 2.75) is 13.0 Å². The van der Waals surface area contributed by atoms with Gasteiger partial charge < -0.3 is 5.32 Å². The standard InChI is InChI=1S/C16H15BrN2O/c1-12(14-3-5-15(17)6-4-14)19-16(20)7-2-13-8-10-18-11-9-13/h2-12H,1H3,(H,19,20)/b7-2+. The van der Waals surface area contributed by atoms with Crippen LogP contribution in [-0.4, -0.2) is 10.9 Å². The molecule has 0 aliphatic carbocycles. The number of nitrogens with zero attached hydrogens (tertiary/aromatic N) is 1. The number of pyridine rings is 1. The minimum absolute atomic E-state index is 0.0299. The molecule has 3 nitrogen and oxygen atoms in total. The summed E-state index contributed by atoms with van der Waals surface area (Å²) in [5, 5.41) is 2.93. The number of carbonyl (C=O) groups excluding carboxylic acids is 1. The first kappa shape index (κ1) is 14.5. The second-order valence-corrected chi connectivity index (χ2v) is 5.31. The minimum atomic E-state index is -0.114. The highest BCUT2D eigenvalue weighted by molar-refractivity contribution is 9.10. The van der Waals surface area contributed by atoms with Crippen molar-refractivity contribution < 1.29 is 4.79 Å². The molecule has 0 spiro atoms. The number of amides is 1. The Bertz CT molecular complexity index is 594. The van der Waals surface area contributed by atoms with Crippen LogP contribution < -0.4 is 5.32 Å². The number of benzene rings is 1. The molecule has 1 amide bonds. The Morgan fingerprint density at radius 2 is 1.85 bits per heavy atom. The average molecular weight is 331 g/mol. The van der Waals surface area contributed by atoms with Crippen LogP contribution in [-0.2, 0) is 4.79 Å². The van der Waals surface area contributed by atoms with Gasteiger partial charge in [0.15, 0.2) is 0 Å². The molecular weight excluding hydrogens is 316 g/mol. The molecule has 102 valence electrons. The second-order valence-electron chi connectivity index (χ2n) is 4.40. The molecule has 0 fully saturated rings. The summed E-state index contributed by atoms with van der Waals surface area (Å²) in [5.74, 6) is -0.114. The summed E-state index contributed by atoms with van der Waals surface area (Å²) in [6.07, 6.45) is 6.69. The Morgan fingerprint density at radius 1 is 1.20 bits per heavy atom. The third kappa shape index (κ3) is 4.31. The Hall–Kier alpha value is -1.94. The van der Waals surface area contributed by atoms with Gasteiger partial charge in [0.1, 0.15) is 0 Å². The molecule has 1 aromatic carbocycles. The molecule has 2 rings (SSSR count). The van der Waals surface area contributed by atoms with Crippen LogP contribution in [0, 0.1) is 0 Å². The molecule has 4 heteroatoms. The fourth-order valence-electron chi connectivity index (χ4n) is 1.74. The molecular formula is C16H15BrN2O. The highest BCUT2D eigenvalue weighted by Gasteiger charge is 2.06. The molecule has 1 heterocycles. The Kier molecular flexibility index (Phi) is 5.07. The molecule has 1 N–H and O–H groups in total. The van der Waals surface area contributed by atoms with Crippen molar-refractivity contribution in [1.29, 1.82) is 0 Å². The third-order valence-corrected chi connectivity index (χ3v) is 3.39. The van der Waals surface area contributed by atoms with Crippen molar-refractivity contribution in [3.8, 4) is 0 Å². The zero-order chi connectivity index (χ0) is 14.4. The van der Waals surface area contributed by atoms with Gasteiger partial charge >= 0.3 is 0 Å². The molecule has 1 atom stereocenters.